The lowest BCUT2D eigenvalue weighted by atomic mass is 10.2. The van der Waals surface area contributed by atoms with Gasteiger partial charge in [0.15, 0.2) is 11.5 Å². The summed E-state index contributed by atoms with van der Waals surface area (Å²) in [4.78, 5) is 8.95. The molecule has 0 unspecified atom stereocenters. The van der Waals surface area contributed by atoms with Crippen molar-refractivity contribution in [2.24, 2.45) is 5.92 Å². The predicted molar refractivity (Wildman–Crippen MR) is 80.9 cm³/mol. The van der Waals surface area contributed by atoms with Crippen LogP contribution in [0.15, 0.2) is 30.2 Å². The van der Waals surface area contributed by atoms with E-state index in [1.54, 1.807) is 5.41 Å². The van der Waals surface area contributed by atoms with Crippen molar-refractivity contribution in [1.29, 1.82) is 0 Å². The SMILES string of the molecule is C=CSOc1ccc(C)cc1OCC1CC1.COC=O. The Kier molecular flexibility index (Phi) is 7.65. The van der Waals surface area contributed by atoms with Crippen LogP contribution in [0.4, 0.5) is 0 Å². The summed E-state index contributed by atoms with van der Waals surface area (Å²) in [6.45, 7) is 6.83. The molecular weight excluding hydrogens is 276 g/mol. The van der Waals surface area contributed by atoms with Crippen molar-refractivity contribution in [3.05, 3.63) is 35.7 Å². The molecule has 110 valence electrons. The molecule has 1 aliphatic carbocycles. The van der Waals surface area contributed by atoms with Crippen LogP contribution in [0, 0.1) is 12.8 Å². The third-order valence-electron chi connectivity index (χ3n) is 2.57. The summed E-state index contributed by atoms with van der Waals surface area (Å²) >= 11 is 1.21. The monoisotopic (exact) mass is 296 g/mol. The molecule has 0 spiro atoms. The highest BCUT2D eigenvalue weighted by Gasteiger charge is 2.22. The maximum atomic E-state index is 8.95. The van der Waals surface area contributed by atoms with Gasteiger partial charge < -0.3 is 13.7 Å². The topological polar surface area (TPSA) is 44.8 Å². The number of rotatable bonds is 7. The normalized spacial score (nSPS) is 12.7. The van der Waals surface area contributed by atoms with Crippen molar-refractivity contribution < 1.29 is 18.5 Å². The largest absolute Gasteiger partial charge is 0.489 e. The van der Waals surface area contributed by atoms with Gasteiger partial charge in [0.1, 0.15) is 0 Å². The highest BCUT2D eigenvalue weighted by atomic mass is 32.2. The van der Waals surface area contributed by atoms with Gasteiger partial charge in [0.2, 0.25) is 0 Å². The molecule has 2 rings (SSSR count). The Hall–Kier alpha value is -1.62. The molecule has 5 heteroatoms. The van der Waals surface area contributed by atoms with Gasteiger partial charge in [-0.2, -0.15) is 0 Å². The van der Waals surface area contributed by atoms with E-state index in [-0.39, 0.29) is 0 Å². The van der Waals surface area contributed by atoms with Crippen molar-refractivity contribution in [3.63, 3.8) is 0 Å². The molecule has 0 N–H and O–H groups in total. The number of ether oxygens (including phenoxy) is 2. The van der Waals surface area contributed by atoms with Gasteiger partial charge >= 0.3 is 0 Å². The van der Waals surface area contributed by atoms with E-state index < -0.39 is 0 Å². The Balaban J connectivity index is 0.000000444. The molecule has 1 saturated carbocycles. The van der Waals surface area contributed by atoms with Crippen molar-refractivity contribution in [2.75, 3.05) is 13.7 Å². The fraction of sp³-hybridized carbons (Fsp3) is 0.400. The molecular formula is C15H20O4S. The van der Waals surface area contributed by atoms with Crippen molar-refractivity contribution >= 4 is 18.5 Å². The summed E-state index contributed by atoms with van der Waals surface area (Å²) in [5.74, 6) is 2.36. The van der Waals surface area contributed by atoms with E-state index in [1.165, 1.54) is 37.6 Å². The lowest BCUT2D eigenvalue weighted by molar-refractivity contribution is -0.126. The standard InChI is InChI=1S/C13H16O2S.C2H4O2/c1-3-16-15-12-7-4-10(2)8-13(12)14-9-11-5-6-11;1-4-2-3/h3-4,7-8,11H,1,5-6,9H2,2H3;2H,1H3. The van der Waals surface area contributed by atoms with Gasteiger partial charge in [-0.05, 0) is 43.4 Å². The smallest absolute Gasteiger partial charge is 0.292 e. The molecule has 0 heterocycles. The zero-order valence-electron chi connectivity index (χ0n) is 11.8. The van der Waals surface area contributed by atoms with Gasteiger partial charge in [-0.1, -0.05) is 12.6 Å². The predicted octanol–water partition coefficient (Wildman–Crippen LogP) is 3.74. The van der Waals surface area contributed by atoms with E-state index in [9.17, 15) is 0 Å². The van der Waals surface area contributed by atoms with Crippen LogP contribution in [-0.4, -0.2) is 20.2 Å². The fourth-order valence-electron chi connectivity index (χ4n) is 1.37. The minimum absolute atomic E-state index is 0.375. The summed E-state index contributed by atoms with van der Waals surface area (Å²) < 4.78 is 15.1. The van der Waals surface area contributed by atoms with Crippen LogP contribution in [0.3, 0.4) is 0 Å². The molecule has 0 aromatic heterocycles. The first-order valence-electron chi connectivity index (χ1n) is 6.35. The Morgan fingerprint density at radius 1 is 1.40 bits per heavy atom. The Morgan fingerprint density at radius 3 is 2.65 bits per heavy atom. The maximum absolute atomic E-state index is 8.95. The summed E-state index contributed by atoms with van der Waals surface area (Å²) in [5.41, 5.74) is 1.18. The number of carbonyl (C=O) groups is 1. The van der Waals surface area contributed by atoms with Crippen LogP contribution in [0.1, 0.15) is 18.4 Å². The third-order valence-corrected chi connectivity index (χ3v) is 2.98. The van der Waals surface area contributed by atoms with Crippen LogP contribution < -0.4 is 8.92 Å². The summed E-state index contributed by atoms with van der Waals surface area (Å²) in [6, 6.07) is 5.97. The van der Waals surface area contributed by atoms with Crippen molar-refractivity contribution in [3.8, 4) is 11.5 Å². The Bertz CT molecular complexity index is 430. The van der Waals surface area contributed by atoms with Crippen LogP contribution in [-0.2, 0) is 9.53 Å². The van der Waals surface area contributed by atoms with E-state index in [0.29, 0.717) is 6.47 Å². The van der Waals surface area contributed by atoms with Crippen LogP contribution in [0.2, 0.25) is 0 Å². The quantitative estimate of drug-likeness (QED) is 0.566. The Morgan fingerprint density at radius 2 is 2.10 bits per heavy atom. The number of methoxy groups -OCH3 is 1. The number of hydrogen-bond donors (Lipinski definition) is 0. The van der Waals surface area contributed by atoms with Gasteiger partial charge in [0, 0.05) is 5.41 Å². The fourth-order valence-corrected chi connectivity index (χ4v) is 1.68. The molecule has 0 saturated heterocycles. The van der Waals surface area contributed by atoms with Crippen molar-refractivity contribution in [2.45, 2.75) is 19.8 Å². The van der Waals surface area contributed by atoms with E-state index in [0.717, 1.165) is 24.0 Å². The highest BCUT2D eigenvalue weighted by Crippen LogP contribution is 2.34. The highest BCUT2D eigenvalue weighted by molar-refractivity contribution is 7.97. The van der Waals surface area contributed by atoms with E-state index in [2.05, 4.69) is 18.2 Å². The summed E-state index contributed by atoms with van der Waals surface area (Å²) in [6.07, 6.45) is 2.59. The molecule has 1 aromatic carbocycles. The lowest BCUT2D eigenvalue weighted by Gasteiger charge is -2.11. The van der Waals surface area contributed by atoms with Crippen molar-refractivity contribution in [1.82, 2.24) is 0 Å². The Labute approximate surface area is 124 Å². The van der Waals surface area contributed by atoms with Gasteiger partial charge in [0.25, 0.3) is 6.47 Å². The average molecular weight is 296 g/mol. The second kappa shape index (κ2) is 9.31. The first-order chi connectivity index (χ1) is 9.71. The molecule has 0 radical (unpaired) electrons. The molecule has 0 aliphatic heterocycles. The molecule has 1 aliphatic rings. The molecule has 20 heavy (non-hydrogen) atoms. The third kappa shape index (κ3) is 6.52. The number of carbonyl (C=O) groups excluding carboxylic acids is 1. The van der Waals surface area contributed by atoms with Crippen LogP contribution in [0.25, 0.3) is 0 Å². The minimum Gasteiger partial charge on any atom is -0.489 e. The second-order valence-electron chi connectivity index (χ2n) is 4.38. The zero-order valence-corrected chi connectivity index (χ0v) is 12.7. The zero-order chi connectivity index (χ0) is 14.8. The minimum atomic E-state index is 0.375. The summed E-state index contributed by atoms with van der Waals surface area (Å²) in [7, 11) is 1.31. The van der Waals surface area contributed by atoms with E-state index >= 15 is 0 Å². The van der Waals surface area contributed by atoms with E-state index in [4.69, 9.17) is 13.7 Å². The van der Waals surface area contributed by atoms with Gasteiger partial charge in [-0.3, -0.25) is 4.79 Å². The van der Waals surface area contributed by atoms with Gasteiger partial charge in [-0.15, -0.1) is 0 Å². The number of aryl methyl sites for hydroxylation is 1. The summed E-state index contributed by atoms with van der Waals surface area (Å²) in [5, 5.41) is 1.66. The van der Waals surface area contributed by atoms with Crippen LogP contribution >= 0.6 is 12.0 Å². The van der Waals surface area contributed by atoms with Crippen LogP contribution in [0.5, 0.6) is 11.5 Å². The first-order valence-corrected chi connectivity index (χ1v) is 7.15. The molecule has 4 nitrogen and oxygen atoms in total. The first kappa shape index (κ1) is 16.4. The van der Waals surface area contributed by atoms with Gasteiger partial charge in [-0.25, -0.2) is 0 Å². The lowest BCUT2D eigenvalue weighted by Crippen LogP contribution is -2.00. The molecule has 0 atom stereocenters. The maximum Gasteiger partial charge on any atom is 0.292 e. The molecule has 1 fully saturated rings. The van der Waals surface area contributed by atoms with E-state index in [1.807, 2.05) is 18.2 Å². The molecule has 0 bridgehead atoms. The second-order valence-corrected chi connectivity index (χ2v) is 5.08. The molecule has 1 aromatic rings. The number of hydrogen-bond acceptors (Lipinski definition) is 5. The average Bonchev–Trinajstić information content (AvgIpc) is 3.28. The van der Waals surface area contributed by atoms with Gasteiger partial charge in [0.05, 0.1) is 25.8 Å². The number of benzene rings is 1. The molecule has 0 amide bonds.